The van der Waals surface area contributed by atoms with Crippen molar-refractivity contribution in [1.29, 1.82) is 0 Å². The second-order valence-corrected chi connectivity index (χ2v) is 5.40. The van der Waals surface area contributed by atoms with E-state index in [-0.39, 0.29) is 5.82 Å². The Kier molecular flexibility index (Phi) is 4.31. The van der Waals surface area contributed by atoms with Gasteiger partial charge >= 0.3 is 12.1 Å². The van der Waals surface area contributed by atoms with Gasteiger partial charge in [0.1, 0.15) is 6.29 Å². The second-order valence-electron chi connectivity index (χ2n) is 5.40. The van der Waals surface area contributed by atoms with Crippen LogP contribution in [0.15, 0.2) is 48.5 Å². The Morgan fingerprint density at radius 2 is 1.42 bits per heavy atom. The van der Waals surface area contributed by atoms with Crippen LogP contribution in [-0.2, 0) is 5.92 Å². The van der Waals surface area contributed by atoms with Gasteiger partial charge in [-0.15, -0.1) is 0 Å². The minimum Gasteiger partial charge on any atom is -0.298 e. The molecule has 0 bridgehead atoms. The van der Waals surface area contributed by atoms with Gasteiger partial charge in [0.2, 0.25) is 0 Å². The lowest BCUT2D eigenvalue weighted by molar-refractivity contribution is -0.289. The maximum Gasteiger partial charge on any atom is 0.458 e. The van der Waals surface area contributed by atoms with Gasteiger partial charge in [-0.25, -0.2) is 4.98 Å². The van der Waals surface area contributed by atoms with E-state index in [1.165, 1.54) is 0 Å². The molecule has 1 heterocycles. The molecule has 0 aliphatic rings. The number of aromatic nitrogens is 3. The molecule has 0 aliphatic carbocycles. The first-order valence-corrected chi connectivity index (χ1v) is 7.26. The minimum absolute atomic E-state index is 0.210. The van der Waals surface area contributed by atoms with Gasteiger partial charge < -0.3 is 0 Å². The maximum atomic E-state index is 13.3. The number of hydrogen-bond acceptors (Lipinski definition) is 3. The molecule has 26 heavy (non-hydrogen) atoms. The Balaban J connectivity index is 1.86. The fourth-order valence-electron chi connectivity index (χ4n) is 2.23. The van der Waals surface area contributed by atoms with E-state index in [1.54, 1.807) is 24.3 Å². The Hall–Kier alpha value is -3.10. The summed E-state index contributed by atoms with van der Waals surface area (Å²) in [4.78, 5) is 14.8. The molecule has 0 atom stereocenters. The van der Waals surface area contributed by atoms with Crippen molar-refractivity contribution in [3.8, 4) is 22.8 Å². The molecule has 0 fully saturated rings. The van der Waals surface area contributed by atoms with Crippen molar-refractivity contribution in [3.63, 3.8) is 0 Å². The van der Waals surface area contributed by atoms with E-state index in [9.17, 15) is 26.7 Å². The lowest BCUT2D eigenvalue weighted by Crippen LogP contribution is -2.33. The number of carbonyl (C=O) groups excluding carboxylic acids is 1. The standard InChI is InChI=1S/C17H10F5N3O/c18-16(19,17(20,21)22)13-7-5-12(6-8-13)15-23-14(24-25-15)11-3-1-10(9-26)2-4-11/h1-9H,(H,23,24,25). The van der Waals surface area contributed by atoms with E-state index >= 15 is 0 Å². The van der Waals surface area contributed by atoms with Crippen molar-refractivity contribution in [2.24, 2.45) is 0 Å². The SMILES string of the molecule is O=Cc1ccc(-c2n[nH]c(-c3ccc(C(F)(F)C(F)(F)F)cc3)n2)cc1. The first kappa shape index (κ1) is 17.7. The van der Waals surface area contributed by atoms with Crippen LogP contribution in [0.5, 0.6) is 0 Å². The highest BCUT2D eigenvalue weighted by atomic mass is 19.4. The zero-order valence-electron chi connectivity index (χ0n) is 12.9. The molecule has 4 nitrogen and oxygen atoms in total. The molecule has 3 aromatic rings. The van der Waals surface area contributed by atoms with Crippen molar-refractivity contribution >= 4 is 6.29 Å². The van der Waals surface area contributed by atoms with Gasteiger partial charge in [-0.05, 0) is 0 Å². The quantitative estimate of drug-likeness (QED) is 0.541. The largest absolute Gasteiger partial charge is 0.458 e. The third-order valence-corrected chi connectivity index (χ3v) is 3.67. The molecule has 134 valence electrons. The maximum absolute atomic E-state index is 13.3. The zero-order valence-corrected chi connectivity index (χ0v) is 12.9. The summed E-state index contributed by atoms with van der Waals surface area (Å²) in [7, 11) is 0. The first-order valence-electron chi connectivity index (χ1n) is 7.26. The molecule has 0 saturated heterocycles. The molecule has 1 aromatic heterocycles. The summed E-state index contributed by atoms with van der Waals surface area (Å²) in [6, 6.07) is 10.0. The molecule has 1 N–H and O–H groups in total. The average Bonchev–Trinajstić information content (AvgIpc) is 3.11. The molecule has 9 heteroatoms. The summed E-state index contributed by atoms with van der Waals surface area (Å²) < 4.78 is 63.8. The molecular formula is C17H10F5N3O. The normalized spacial score (nSPS) is 12.2. The Morgan fingerprint density at radius 1 is 0.846 bits per heavy atom. The first-order chi connectivity index (χ1) is 12.2. The van der Waals surface area contributed by atoms with Crippen molar-refractivity contribution in [2.75, 3.05) is 0 Å². The summed E-state index contributed by atoms with van der Waals surface area (Å²) in [5, 5.41) is 6.57. The van der Waals surface area contributed by atoms with Crippen molar-refractivity contribution in [2.45, 2.75) is 12.1 Å². The second kappa shape index (κ2) is 6.32. The van der Waals surface area contributed by atoms with Crippen LogP contribution in [0.4, 0.5) is 22.0 Å². The van der Waals surface area contributed by atoms with E-state index in [0.29, 0.717) is 40.9 Å². The van der Waals surface area contributed by atoms with Crippen LogP contribution in [0.2, 0.25) is 0 Å². The smallest absolute Gasteiger partial charge is 0.298 e. The van der Waals surface area contributed by atoms with Crippen LogP contribution < -0.4 is 0 Å². The van der Waals surface area contributed by atoms with E-state index in [1.807, 2.05) is 0 Å². The van der Waals surface area contributed by atoms with Crippen LogP contribution in [0, 0.1) is 0 Å². The number of benzene rings is 2. The number of H-pyrrole nitrogens is 1. The summed E-state index contributed by atoms with van der Waals surface area (Å²) in [6.07, 6.45) is -4.98. The van der Waals surface area contributed by atoms with Gasteiger partial charge in [0.15, 0.2) is 11.6 Å². The van der Waals surface area contributed by atoms with E-state index < -0.39 is 17.7 Å². The van der Waals surface area contributed by atoms with Gasteiger partial charge in [-0.2, -0.15) is 27.1 Å². The zero-order chi connectivity index (χ0) is 18.9. The Bertz CT molecular complexity index is 915. The predicted molar refractivity (Wildman–Crippen MR) is 82.6 cm³/mol. The molecule has 0 saturated carbocycles. The monoisotopic (exact) mass is 367 g/mol. The molecule has 0 aliphatic heterocycles. The van der Waals surface area contributed by atoms with Gasteiger partial charge in [0.25, 0.3) is 0 Å². The van der Waals surface area contributed by atoms with E-state index in [4.69, 9.17) is 0 Å². The Morgan fingerprint density at radius 3 is 1.96 bits per heavy atom. The van der Waals surface area contributed by atoms with Gasteiger partial charge in [-0.1, -0.05) is 48.5 Å². The summed E-state index contributed by atoms with van der Waals surface area (Å²) in [5.74, 6) is -4.43. The van der Waals surface area contributed by atoms with E-state index in [2.05, 4.69) is 15.2 Å². The third kappa shape index (κ3) is 3.19. The lowest BCUT2D eigenvalue weighted by atomic mass is 10.1. The highest BCUT2D eigenvalue weighted by Gasteiger charge is 2.58. The predicted octanol–water partition coefficient (Wildman–Crippen LogP) is 4.61. The number of aldehydes is 1. The average molecular weight is 367 g/mol. The van der Waals surface area contributed by atoms with E-state index in [0.717, 1.165) is 12.1 Å². The van der Waals surface area contributed by atoms with Crippen LogP contribution in [0.1, 0.15) is 15.9 Å². The third-order valence-electron chi connectivity index (χ3n) is 3.67. The number of carbonyl (C=O) groups is 1. The fraction of sp³-hybridized carbons (Fsp3) is 0.118. The number of nitrogens with zero attached hydrogens (tertiary/aromatic N) is 2. The molecular weight excluding hydrogens is 357 g/mol. The number of nitrogens with one attached hydrogen (secondary N) is 1. The summed E-state index contributed by atoms with van der Waals surface area (Å²) >= 11 is 0. The molecule has 0 unspecified atom stereocenters. The van der Waals surface area contributed by atoms with Crippen LogP contribution in [0.3, 0.4) is 0 Å². The van der Waals surface area contributed by atoms with Crippen LogP contribution >= 0.6 is 0 Å². The lowest BCUT2D eigenvalue weighted by Gasteiger charge is -2.19. The van der Waals surface area contributed by atoms with Crippen molar-refractivity contribution in [3.05, 3.63) is 59.7 Å². The molecule has 0 radical (unpaired) electrons. The number of aromatic amines is 1. The van der Waals surface area contributed by atoms with Crippen LogP contribution in [-0.4, -0.2) is 27.6 Å². The highest BCUT2D eigenvalue weighted by Crippen LogP contribution is 2.44. The molecule has 2 aromatic carbocycles. The summed E-state index contributed by atoms with van der Waals surface area (Å²) in [5.41, 5.74) is 0.233. The topological polar surface area (TPSA) is 58.6 Å². The molecule has 3 rings (SSSR count). The Labute approximate surface area is 143 Å². The molecule has 0 spiro atoms. The fourth-order valence-corrected chi connectivity index (χ4v) is 2.23. The van der Waals surface area contributed by atoms with Gasteiger partial charge in [-0.3, -0.25) is 9.89 Å². The van der Waals surface area contributed by atoms with Crippen molar-refractivity contribution < 1.29 is 26.7 Å². The number of halogens is 5. The summed E-state index contributed by atoms with van der Waals surface area (Å²) in [6.45, 7) is 0. The van der Waals surface area contributed by atoms with Crippen molar-refractivity contribution in [1.82, 2.24) is 15.2 Å². The van der Waals surface area contributed by atoms with Crippen LogP contribution in [0.25, 0.3) is 22.8 Å². The highest BCUT2D eigenvalue weighted by molar-refractivity contribution is 5.76. The minimum atomic E-state index is -5.67. The number of alkyl halides is 5. The van der Waals surface area contributed by atoms with Gasteiger partial charge in [0, 0.05) is 22.3 Å². The number of rotatable bonds is 4. The number of hydrogen-bond donors (Lipinski definition) is 1. The van der Waals surface area contributed by atoms with Gasteiger partial charge in [0.05, 0.1) is 0 Å². The molecule has 0 amide bonds.